The van der Waals surface area contributed by atoms with E-state index in [0.29, 0.717) is 36.9 Å². The van der Waals surface area contributed by atoms with E-state index in [1.54, 1.807) is 17.1 Å². The van der Waals surface area contributed by atoms with Crippen molar-refractivity contribution in [2.75, 3.05) is 31.1 Å². The highest BCUT2D eigenvalue weighted by atomic mass is 79.9. The van der Waals surface area contributed by atoms with Crippen molar-refractivity contribution in [3.05, 3.63) is 111 Å². The average molecular weight is 577 g/mol. The molecule has 188 valence electrons. The second kappa shape index (κ2) is 12.6. The molecule has 1 saturated heterocycles. The second-order valence-corrected chi connectivity index (χ2v) is 9.97. The van der Waals surface area contributed by atoms with Crippen LogP contribution in [0.5, 0.6) is 5.75 Å². The van der Waals surface area contributed by atoms with Gasteiger partial charge in [0.05, 0.1) is 4.47 Å². The van der Waals surface area contributed by atoms with Crippen LogP contribution in [0.1, 0.15) is 16.7 Å². The number of para-hydroxylation sites is 1. The fourth-order valence-corrected chi connectivity index (χ4v) is 5.01. The Morgan fingerprint density at radius 2 is 1.78 bits per heavy atom. The van der Waals surface area contributed by atoms with Gasteiger partial charge < -0.3 is 14.5 Å². The van der Waals surface area contributed by atoms with E-state index in [2.05, 4.69) is 45.6 Å². The fourth-order valence-electron chi connectivity index (χ4n) is 4.25. The lowest BCUT2D eigenvalue weighted by molar-refractivity contribution is -0.126. The molecule has 3 aromatic carbocycles. The number of allylic oxidation sites excluding steroid dienone is 1. The zero-order chi connectivity index (χ0) is 26.2. The summed E-state index contributed by atoms with van der Waals surface area (Å²) in [6.45, 7) is 6.82. The van der Waals surface area contributed by atoms with E-state index in [0.717, 1.165) is 39.9 Å². The first kappa shape index (κ1) is 26.5. The Morgan fingerprint density at radius 1 is 1.08 bits per heavy atom. The van der Waals surface area contributed by atoms with Gasteiger partial charge in [0.2, 0.25) is 0 Å². The van der Waals surface area contributed by atoms with Crippen LogP contribution in [0.4, 0.5) is 5.69 Å². The van der Waals surface area contributed by atoms with Crippen molar-refractivity contribution in [1.82, 2.24) is 4.90 Å². The molecule has 0 atom stereocenters. The smallest absolute Gasteiger partial charge is 0.264 e. The number of nitrogens with zero attached hydrogens (tertiary/aromatic N) is 3. The van der Waals surface area contributed by atoms with Crippen LogP contribution in [0.15, 0.2) is 89.4 Å². The summed E-state index contributed by atoms with van der Waals surface area (Å²) >= 11 is 9.59. The molecule has 0 saturated carbocycles. The molecular formula is C30H27BrClN3O2. The molecule has 1 aliphatic rings. The van der Waals surface area contributed by atoms with Gasteiger partial charge in [0, 0.05) is 36.9 Å². The number of piperazine rings is 1. The maximum absolute atomic E-state index is 13.2. The quantitative estimate of drug-likeness (QED) is 0.171. The Labute approximate surface area is 231 Å². The van der Waals surface area contributed by atoms with Gasteiger partial charge in [-0.05, 0) is 81.5 Å². The van der Waals surface area contributed by atoms with E-state index in [1.165, 1.54) is 0 Å². The Morgan fingerprint density at radius 3 is 2.43 bits per heavy atom. The minimum atomic E-state index is -0.250. The van der Waals surface area contributed by atoms with E-state index >= 15 is 0 Å². The van der Waals surface area contributed by atoms with Gasteiger partial charge in [-0.3, -0.25) is 4.79 Å². The van der Waals surface area contributed by atoms with Gasteiger partial charge in [0.1, 0.15) is 24.0 Å². The first-order chi connectivity index (χ1) is 18.0. The van der Waals surface area contributed by atoms with Crippen LogP contribution < -0.4 is 9.64 Å². The minimum Gasteiger partial charge on any atom is -0.487 e. The maximum Gasteiger partial charge on any atom is 0.264 e. The number of rotatable bonds is 8. The van der Waals surface area contributed by atoms with Crippen LogP contribution in [0.3, 0.4) is 0 Å². The van der Waals surface area contributed by atoms with E-state index < -0.39 is 0 Å². The Bertz CT molecular complexity index is 1330. The van der Waals surface area contributed by atoms with Crippen molar-refractivity contribution < 1.29 is 9.53 Å². The standard InChI is InChI=1S/C30H27BrClN3O2/c1-2-6-24-17-23(19-28(31)29(24)37-21-22-9-11-26(32)12-10-22)18-25(20-33)30(36)35-15-13-34(14-16-35)27-7-4-3-5-8-27/h2-5,7-12,17-19H,1,6,13-16,21H2/b25-18-. The summed E-state index contributed by atoms with van der Waals surface area (Å²) in [5, 5.41) is 10.5. The molecule has 0 N–H and O–H groups in total. The minimum absolute atomic E-state index is 0.111. The topological polar surface area (TPSA) is 56.6 Å². The Hall–Kier alpha value is -3.53. The van der Waals surface area contributed by atoms with Crippen LogP contribution in [0.25, 0.3) is 6.08 Å². The van der Waals surface area contributed by atoms with Gasteiger partial charge in [-0.2, -0.15) is 5.26 Å². The molecule has 7 heteroatoms. The molecule has 1 amide bonds. The zero-order valence-electron chi connectivity index (χ0n) is 20.4. The van der Waals surface area contributed by atoms with Crippen molar-refractivity contribution in [3.63, 3.8) is 0 Å². The Balaban J connectivity index is 1.49. The normalized spacial score (nSPS) is 13.7. The number of benzene rings is 3. The van der Waals surface area contributed by atoms with Gasteiger partial charge in [-0.25, -0.2) is 0 Å². The lowest BCUT2D eigenvalue weighted by Crippen LogP contribution is -2.49. The summed E-state index contributed by atoms with van der Waals surface area (Å²) < 4.78 is 6.86. The first-order valence-electron chi connectivity index (χ1n) is 12.0. The predicted octanol–water partition coefficient (Wildman–Crippen LogP) is 6.67. The second-order valence-electron chi connectivity index (χ2n) is 8.68. The zero-order valence-corrected chi connectivity index (χ0v) is 22.7. The van der Waals surface area contributed by atoms with E-state index in [-0.39, 0.29) is 11.5 Å². The van der Waals surface area contributed by atoms with Gasteiger partial charge in [0.15, 0.2) is 0 Å². The monoisotopic (exact) mass is 575 g/mol. The van der Waals surface area contributed by atoms with Gasteiger partial charge in [-0.15, -0.1) is 6.58 Å². The predicted molar refractivity (Wildman–Crippen MR) is 153 cm³/mol. The summed E-state index contributed by atoms with van der Waals surface area (Å²) in [5.41, 5.74) is 3.90. The molecule has 0 bridgehead atoms. The highest BCUT2D eigenvalue weighted by Crippen LogP contribution is 2.33. The van der Waals surface area contributed by atoms with Crippen molar-refractivity contribution in [3.8, 4) is 11.8 Å². The molecule has 0 radical (unpaired) electrons. The van der Waals surface area contributed by atoms with Crippen LogP contribution in [0, 0.1) is 11.3 Å². The summed E-state index contributed by atoms with van der Waals surface area (Å²) in [5.74, 6) is 0.452. The van der Waals surface area contributed by atoms with E-state index in [4.69, 9.17) is 16.3 Å². The summed E-state index contributed by atoms with van der Waals surface area (Å²) in [4.78, 5) is 17.2. The molecule has 1 heterocycles. The third-order valence-corrected chi connectivity index (χ3v) is 6.99. The number of hydrogen-bond acceptors (Lipinski definition) is 4. The fraction of sp³-hybridized carbons (Fsp3) is 0.200. The number of carbonyl (C=O) groups excluding carboxylic acids is 1. The number of amides is 1. The molecule has 1 fully saturated rings. The molecule has 4 rings (SSSR count). The molecule has 5 nitrogen and oxygen atoms in total. The number of halogens is 2. The molecular weight excluding hydrogens is 550 g/mol. The van der Waals surface area contributed by atoms with Gasteiger partial charge >= 0.3 is 0 Å². The molecule has 0 aliphatic carbocycles. The number of anilines is 1. The van der Waals surface area contributed by atoms with Crippen LogP contribution in [0.2, 0.25) is 5.02 Å². The summed E-state index contributed by atoms with van der Waals surface area (Å²) in [7, 11) is 0. The molecule has 0 aromatic heterocycles. The highest BCUT2D eigenvalue weighted by Gasteiger charge is 2.24. The third-order valence-electron chi connectivity index (χ3n) is 6.15. The summed E-state index contributed by atoms with van der Waals surface area (Å²) in [6, 6.07) is 23.6. The first-order valence-corrected chi connectivity index (χ1v) is 13.2. The molecule has 3 aromatic rings. The van der Waals surface area contributed by atoms with Crippen molar-refractivity contribution in [1.29, 1.82) is 5.26 Å². The number of hydrogen-bond donors (Lipinski definition) is 0. The SMILES string of the molecule is C=CCc1cc(/C=C(/C#N)C(=O)N2CCN(c3ccccc3)CC2)cc(Br)c1OCc1ccc(Cl)cc1. The van der Waals surface area contributed by atoms with Crippen LogP contribution >= 0.6 is 27.5 Å². The maximum atomic E-state index is 13.2. The van der Waals surface area contributed by atoms with Gasteiger partial charge in [0.25, 0.3) is 5.91 Å². The van der Waals surface area contributed by atoms with Crippen molar-refractivity contribution >= 4 is 45.2 Å². The molecule has 1 aliphatic heterocycles. The van der Waals surface area contributed by atoms with Crippen LogP contribution in [-0.4, -0.2) is 37.0 Å². The Kier molecular flexibility index (Phi) is 9.05. The molecule has 0 spiro atoms. The van der Waals surface area contributed by atoms with Crippen molar-refractivity contribution in [2.24, 2.45) is 0 Å². The number of ether oxygens (including phenoxy) is 1. The van der Waals surface area contributed by atoms with E-state index in [9.17, 15) is 10.1 Å². The lowest BCUT2D eigenvalue weighted by atomic mass is 10.0. The van der Waals surface area contributed by atoms with E-state index in [1.807, 2.05) is 54.6 Å². The third kappa shape index (κ3) is 6.82. The highest BCUT2D eigenvalue weighted by molar-refractivity contribution is 9.10. The van der Waals surface area contributed by atoms with Gasteiger partial charge in [-0.1, -0.05) is 48.0 Å². The summed E-state index contributed by atoms with van der Waals surface area (Å²) in [6.07, 6.45) is 4.02. The number of carbonyl (C=O) groups is 1. The molecule has 37 heavy (non-hydrogen) atoms. The largest absolute Gasteiger partial charge is 0.487 e. The average Bonchev–Trinajstić information content (AvgIpc) is 2.92. The van der Waals surface area contributed by atoms with Crippen LogP contribution in [-0.2, 0) is 17.8 Å². The molecule has 0 unspecified atom stereocenters. The number of nitriles is 1. The lowest BCUT2D eigenvalue weighted by Gasteiger charge is -2.36. The van der Waals surface area contributed by atoms with Crippen molar-refractivity contribution in [2.45, 2.75) is 13.0 Å².